The number of aliphatic hydroxyl groups is 1. The molecule has 1 nitrogen and oxygen atoms in total. The molecule has 0 bridgehead atoms. The first-order chi connectivity index (χ1) is 8.58. The summed E-state index contributed by atoms with van der Waals surface area (Å²) in [4.78, 5) is 0. The summed E-state index contributed by atoms with van der Waals surface area (Å²) in [6.07, 6.45) is 6.00. The lowest BCUT2D eigenvalue weighted by molar-refractivity contribution is 0.139. The van der Waals surface area contributed by atoms with Gasteiger partial charge in [0.25, 0.3) is 0 Å². The van der Waals surface area contributed by atoms with Gasteiger partial charge in [-0.2, -0.15) is 23.5 Å². The van der Waals surface area contributed by atoms with Crippen molar-refractivity contribution in [1.29, 1.82) is 0 Å². The van der Waals surface area contributed by atoms with Gasteiger partial charge in [-0.3, -0.25) is 0 Å². The maximum atomic E-state index is 10.4. The number of unbranched alkanes of at least 4 members (excludes halogenated alkanes) is 1. The van der Waals surface area contributed by atoms with Crippen molar-refractivity contribution in [2.45, 2.75) is 81.7 Å². The quantitative estimate of drug-likeness (QED) is 0.741. The molecule has 1 aliphatic rings. The largest absolute Gasteiger partial charge is 0.392 e. The first-order valence-corrected chi connectivity index (χ1v) is 9.52. The molecule has 0 radical (unpaired) electrons. The molecule has 0 aromatic heterocycles. The van der Waals surface area contributed by atoms with Gasteiger partial charge in [0.05, 0.1) is 6.10 Å². The van der Waals surface area contributed by atoms with Crippen molar-refractivity contribution in [2.75, 3.05) is 5.75 Å². The summed E-state index contributed by atoms with van der Waals surface area (Å²) in [6.45, 7) is 9.12. The average molecular weight is 291 g/mol. The highest BCUT2D eigenvalue weighted by atomic mass is 32.2. The van der Waals surface area contributed by atoms with Crippen molar-refractivity contribution < 1.29 is 5.11 Å². The molecule has 0 spiro atoms. The van der Waals surface area contributed by atoms with Crippen LogP contribution in [-0.2, 0) is 0 Å². The van der Waals surface area contributed by atoms with E-state index in [1.165, 1.54) is 25.7 Å². The van der Waals surface area contributed by atoms with Crippen molar-refractivity contribution in [1.82, 2.24) is 0 Å². The van der Waals surface area contributed by atoms with Gasteiger partial charge < -0.3 is 5.11 Å². The molecule has 1 saturated heterocycles. The molecule has 1 fully saturated rings. The maximum absolute atomic E-state index is 10.4. The molecule has 0 saturated carbocycles. The smallest absolute Gasteiger partial charge is 0.0669 e. The summed E-state index contributed by atoms with van der Waals surface area (Å²) in [5.41, 5.74) is 0. The second-order valence-electron chi connectivity index (χ2n) is 5.64. The first kappa shape index (κ1) is 16.7. The van der Waals surface area contributed by atoms with Gasteiger partial charge in [0.15, 0.2) is 0 Å². The van der Waals surface area contributed by atoms with Crippen molar-refractivity contribution in [3.63, 3.8) is 0 Å². The monoisotopic (exact) mass is 290 g/mol. The van der Waals surface area contributed by atoms with Crippen LogP contribution in [-0.4, -0.2) is 32.7 Å². The highest BCUT2D eigenvalue weighted by Crippen LogP contribution is 2.38. The van der Waals surface area contributed by atoms with E-state index in [0.29, 0.717) is 10.5 Å². The Balaban J connectivity index is 2.36. The van der Waals surface area contributed by atoms with Gasteiger partial charge in [0.1, 0.15) is 0 Å². The lowest BCUT2D eigenvalue weighted by atomic mass is 9.92. The van der Waals surface area contributed by atoms with Gasteiger partial charge in [-0.1, -0.05) is 53.4 Å². The zero-order valence-corrected chi connectivity index (χ0v) is 14.0. The molecule has 5 unspecified atom stereocenters. The first-order valence-electron chi connectivity index (χ1n) is 7.53. The van der Waals surface area contributed by atoms with Gasteiger partial charge >= 0.3 is 0 Å². The summed E-state index contributed by atoms with van der Waals surface area (Å²) in [5, 5.41) is 12.3. The Bertz CT molecular complexity index is 223. The minimum absolute atomic E-state index is 0.0979. The molecule has 1 rings (SSSR count). The molecular formula is C15H30OS2. The van der Waals surface area contributed by atoms with Crippen LogP contribution in [0.2, 0.25) is 0 Å². The van der Waals surface area contributed by atoms with Gasteiger partial charge in [0, 0.05) is 21.5 Å². The molecule has 3 heteroatoms. The SMILES string of the molecule is CCCCC(CC)CC(O)C1CSC(C)C(C)S1. The maximum Gasteiger partial charge on any atom is 0.0669 e. The number of hydrogen-bond donors (Lipinski definition) is 1. The minimum Gasteiger partial charge on any atom is -0.392 e. The zero-order valence-electron chi connectivity index (χ0n) is 12.4. The molecule has 5 atom stereocenters. The minimum atomic E-state index is -0.0979. The van der Waals surface area contributed by atoms with Crippen LogP contribution in [0.25, 0.3) is 0 Å². The highest BCUT2D eigenvalue weighted by molar-refractivity contribution is 8.07. The third-order valence-electron chi connectivity index (χ3n) is 4.12. The van der Waals surface area contributed by atoms with Crippen molar-refractivity contribution in [2.24, 2.45) is 5.92 Å². The van der Waals surface area contributed by atoms with E-state index in [-0.39, 0.29) is 6.10 Å². The number of rotatable bonds is 7. The fourth-order valence-electron chi connectivity index (χ4n) is 2.48. The molecular weight excluding hydrogens is 260 g/mol. The fourth-order valence-corrected chi connectivity index (χ4v) is 5.51. The normalized spacial score (nSPS) is 32.2. The van der Waals surface area contributed by atoms with E-state index in [2.05, 4.69) is 27.7 Å². The van der Waals surface area contributed by atoms with Crippen LogP contribution in [0.1, 0.15) is 59.8 Å². The summed E-state index contributed by atoms with van der Waals surface area (Å²) in [7, 11) is 0. The van der Waals surface area contributed by atoms with Crippen LogP contribution < -0.4 is 0 Å². The average Bonchev–Trinajstić information content (AvgIpc) is 2.37. The van der Waals surface area contributed by atoms with Crippen molar-refractivity contribution >= 4 is 23.5 Å². The third-order valence-corrected chi connectivity index (χ3v) is 7.66. The molecule has 1 heterocycles. The third kappa shape index (κ3) is 5.34. The van der Waals surface area contributed by atoms with E-state index in [1.807, 2.05) is 23.5 Å². The van der Waals surface area contributed by atoms with Gasteiger partial charge in [0.2, 0.25) is 0 Å². The Morgan fingerprint density at radius 3 is 2.50 bits per heavy atom. The lowest BCUT2D eigenvalue weighted by Gasteiger charge is -2.35. The number of hydrogen-bond acceptors (Lipinski definition) is 3. The van der Waals surface area contributed by atoms with Crippen molar-refractivity contribution in [3.05, 3.63) is 0 Å². The van der Waals surface area contributed by atoms with Crippen LogP contribution in [0.5, 0.6) is 0 Å². The molecule has 1 N–H and O–H groups in total. The second kappa shape index (κ2) is 8.76. The number of aliphatic hydroxyl groups excluding tert-OH is 1. The topological polar surface area (TPSA) is 20.2 Å². The van der Waals surface area contributed by atoms with Crippen LogP contribution in [0.3, 0.4) is 0 Å². The summed E-state index contributed by atoms with van der Waals surface area (Å²) < 4.78 is 0. The molecule has 0 aliphatic carbocycles. The number of thioether (sulfide) groups is 2. The van der Waals surface area contributed by atoms with E-state index >= 15 is 0 Å². The molecule has 18 heavy (non-hydrogen) atoms. The zero-order chi connectivity index (χ0) is 13.5. The van der Waals surface area contributed by atoms with E-state index in [1.54, 1.807) is 0 Å². The molecule has 0 aromatic carbocycles. The Morgan fingerprint density at radius 1 is 1.22 bits per heavy atom. The lowest BCUT2D eigenvalue weighted by Crippen LogP contribution is -2.35. The van der Waals surface area contributed by atoms with E-state index in [0.717, 1.165) is 23.3 Å². The molecule has 1 aliphatic heterocycles. The Morgan fingerprint density at radius 2 is 1.94 bits per heavy atom. The van der Waals surface area contributed by atoms with Crippen LogP contribution >= 0.6 is 23.5 Å². The van der Waals surface area contributed by atoms with Crippen LogP contribution in [0.15, 0.2) is 0 Å². The molecule has 108 valence electrons. The van der Waals surface area contributed by atoms with E-state index < -0.39 is 0 Å². The Labute approximate surface area is 122 Å². The Hall–Kier alpha value is 0.660. The van der Waals surface area contributed by atoms with E-state index in [9.17, 15) is 5.11 Å². The molecule has 0 amide bonds. The predicted octanol–water partition coefficient (Wildman–Crippen LogP) is 4.58. The van der Waals surface area contributed by atoms with Gasteiger partial charge in [-0.05, 0) is 12.3 Å². The van der Waals surface area contributed by atoms with Gasteiger partial charge in [-0.15, -0.1) is 0 Å². The molecule has 0 aromatic rings. The van der Waals surface area contributed by atoms with Crippen LogP contribution in [0, 0.1) is 5.92 Å². The second-order valence-corrected chi connectivity index (χ2v) is 8.67. The highest BCUT2D eigenvalue weighted by Gasteiger charge is 2.31. The summed E-state index contributed by atoms with van der Waals surface area (Å²) >= 11 is 4.04. The Kier molecular flexibility index (Phi) is 8.13. The summed E-state index contributed by atoms with van der Waals surface area (Å²) in [6, 6.07) is 0. The fraction of sp³-hybridized carbons (Fsp3) is 1.00. The van der Waals surface area contributed by atoms with Gasteiger partial charge in [-0.25, -0.2) is 0 Å². The summed E-state index contributed by atoms with van der Waals surface area (Å²) in [5.74, 6) is 1.85. The predicted molar refractivity (Wildman–Crippen MR) is 86.7 cm³/mol. The van der Waals surface area contributed by atoms with Crippen LogP contribution in [0.4, 0.5) is 0 Å². The standard InChI is InChI=1S/C15H30OS2/c1-5-7-8-13(6-2)9-14(16)15-10-17-11(3)12(4)18-15/h11-16H,5-10H2,1-4H3. The van der Waals surface area contributed by atoms with Crippen molar-refractivity contribution in [3.8, 4) is 0 Å². The van der Waals surface area contributed by atoms with E-state index in [4.69, 9.17) is 0 Å².